The highest BCUT2D eigenvalue weighted by Crippen LogP contribution is 2.26. The van der Waals surface area contributed by atoms with Crippen molar-refractivity contribution in [3.05, 3.63) is 95.0 Å². The predicted molar refractivity (Wildman–Crippen MR) is 144 cm³/mol. The zero-order chi connectivity index (χ0) is 28.4. The Morgan fingerprint density at radius 1 is 0.897 bits per heavy atom. The predicted octanol–water partition coefficient (Wildman–Crippen LogP) is 5.46. The highest BCUT2D eigenvalue weighted by molar-refractivity contribution is 6.33. The summed E-state index contributed by atoms with van der Waals surface area (Å²) in [5.41, 5.74) is 3.09. The van der Waals surface area contributed by atoms with Crippen LogP contribution in [0.3, 0.4) is 0 Å². The van der Waals surface area contributed by atoms with Crippen molar-refractivity contribution in [3.8, 4) is 0 Å². The minimum atomic E-state index is -5.08. The lowest BCUT2D eigenvalue weighted by molar-refractivity contribution is -0.192. The van der Waals surface area contributed by atoms with Crippen molar-refractivity contribution >= 4 is 40.9 Å². The van der Waals surface area contributed by atoms with Gasteiger partial charge in [0.2, 0.25) is 0 Å². The smallest absolute Gasteiger partial charge is 0.478 e. The molecule has 3 aromatic rings. The van der Waals surface area contributed by atoms with Gasteiger partial charge in [0.05, 0.1) is 22.8 Å². The Labute approximate surface area is 228 Å². The van der Waals surface area contributed by atoms with Crippen LogP contribution in [0.5, 0.6) is 0 Å². The van der Waals surface area contributed by atoms with Gasteiger partial charge in [-0.1, -0.05) is 60.1 Å². The van der Waals surface area contributed by atoms with Crippen molar-refractivity contribution in [3.63, 3.8) is 0 Å². The second-order valence-corrected chi connectivity index (χ2v) is 8.77. The molecule has 0 aromatic heterocycles. The van der Waals surface area contributed by atoms with E-state index in [4.69, 9.17) is 26.5 Å². The SMILES string of the molecule is O=C(O)C(F)(F)F.O=C(O)c1cccc(NC(=NCc2ccccc2)N2CCN(c3ccccc3Cl)CC2)c1. The molecule has 39 heavy (non-hydrogen) atoms. The quantitative estimate of drug-likeness (QED) is 0.280. The van der Waals surface area contributed by atoms with E-state index in [0.717, 1.165) is 48.4 Å². The molecule has 0 bridgehead atoms. The first-order chi connectivity index (χ1) is 18.5. The van der Waals surface area contributed by atoms with Crippen LogP contribution in [0.15, 0.2) is 83.9 Å². The molecule has 1 aliphatic rings. The van der Waals surface area contributed by atoms with Crippen molar-refractivity contribution in [1.29, 1.82) is 0 Å². The fraction of sp³-hybridized carbons (Fsp3) is 0.222. The molecular weight excluding hydrogens is 537 g/mol. The number of benzene rings is 3. The number of piperazine rings is 1. The second kappa shape index (κ2) is 13.5. The summed E-state index contributed by atoms with van der Waals surface area (Å²) >= 11 is 6.38. The standard InChI is InChI=1S/C25H25ClN4O2.C2HF3O2/c26-22-11-4-5-12-23(22)29-13-15-30(16-14-29)25(27-18-19-7-2-1-3-8-19)28-21-10-6-9-20(17-21)24(31)32;3-2(4,5)1(6)7/h1-12,17H,13-16,18H2,(H,27,28)(H,31,32);(H,6,7). The van der Waals surface area contributed by atoms with Gasteiger partial charge >= 0.3 is 18.1 Å². The van der Waals surface area contributed by atoms with Gasteiger partial charge in [-0.25, -0.2) is 14.6 Å². The fourth-order valence-electron chi connectivity index (χ4n) is 3.69. The van der Waals surface area contributed by atoms with E-state index in [0.29, 0.717) is 12.2 Å². The van der Waals surface area contributed by atoms with E-state index in [-0.39, 0.29) is 5.56 Å². The maximum atomic E-state index is 11.4. The monoisotopic (exact) mass is 562 g/mol. The molecule has 3 aromatic carbocycles. The van der Waals surface area contributed by atoms with Gasteiger partial charge in [0, 0.05) is 31.9 Å². The lowest BCUT2D eigenvalue weighted by Gasteiger charge is -2.38. The van der Waals surface area contributed by atoms with E-state index in [2.05, 4.69) is 15.1 Å². The molecule has 0 amide bonds. The third-order valence-corrected chi connectivity index (χ3v) is 5.95. The van der Waals surface area contributed by atoms with Crippen molar-refractivity contribution in [2.75, 3.05) is 36.4 Å². The molecule has 12 heteroatoms. The summed E-state index contributed by atoms with van der Waals surface area (Å²) in [5, 5.41) is 20.5. The summed E-state index contributed by atoms with van der Waals surface area (Å²) in [7, 11) is 0. The number of alkyl halides is 3. The first-order valence-corrected chi connectivity index (χ1v) is 12.2. The van der Waals surface area contributed by atoms with E-state index in [1.807, 2.05) is 60.7 Å². The molecule has 1 heterocycles. The highest BCUT2D eigenvalue weighted by Gasteiger charge is 2.38. The molecule has 0 radical (unpaired) electrons. The van der Waals surface area contributed by atoms with Gasteiger partial charge in [0.1, 0.15) is 0 Å². The van der Waals surface area contributed by atoms with Crippen molar-refractivity contribution in [2.45, 2.75) is 12.7 Å². The van der Waals surface area contributed by atoms with Gasteiger partial charge in [-0.05, 0) is 35.9 Å². The van der Waals surface area contributed by atoms with Crippen molar-refractivity contribution in [1.82, 2.24) is 4.90 Å². The van der Waals surface area contributed by atoms with Crippen LogP contribution in [0, 0.1) is 0 Å². The zero-order valence-electron chi connectivity index (χ0n) is 20.6. The molecular formula is C27H26ClF3N4O4. The number of aliphatic imine (C=N–C) groups is 1. The fourth-order valence-corrected chi connectivity index (χ4v) is 3.95. The molecule has 0 atom stereocenters. The summed E-state index contributed by atoms with van der Waals surface area (Å²) in [6.45, 7) is 3.69. The summed E-state index contributed by atoms with van der Waals surface area (Å²) in [4.78, 5) is 29.6. The number of rotatable bonds is 5. The first-order valence-electron chi connectivity index (χ1n) is 11.8. The molecule has 1 aliphatic heterocycles. The number of carbonyl (C=O) groups is 2. The maximum absolute atomic E-state index is 11.4. The summed E-state index contributed by atoms with van der Waals surface area (Å²) in [6.07, 6.45) is -5.08. The van der Waals surface area contributed by atoms with Crippen LogP contribution in [0.2, 0.25) is 5.02 Å². The van der Waals surface area contributed by atoms with E-state index < -0.39 is 18.1 Å². The first kappa shape index (κ1) is 29.3. The van der Waals surface area contributed by atoms with Gasteiger partial charge < -0.3 is 25.3 Å². The molecule has 206 valence electrons. The molecule has 0 spiro atoms. The van der Waals surface area contributed by atoms with Crippen LogP contribution < -0.4 is 10.2 Å². The van der Waals surface area contributed by atoms with Crippen LogP contribution in [-0.4, -0.2) is 65.4 Å². The van der Waals surface area contributed by atoms with Crippen LogP contribution in [0.1, 0.15) is 15.9 Å². The molecule has 1 saturated heterocycles. The Bertz CT molecular complexity index is 1300. The number of aromatic carboxylic acids is 1. The van der Waals surface area contributed by atoms with Gasteiger partial charge in [0.25, 0.3) is 0 Å². The normalized spacial score (nSPS) is 13.8. The summed E-state index contributed by atoms with van der Waals surface area (Å²) < 4.78 is 31.7. The molecule has 1 fully saturated rings. The Kier molecular flexibility index (Phi) is 10.2. The average molecular weight is 563 g/mol. The number of nitrogens with one attached hydrogen (secondary N) is 1. The van der Waals surface area contributed by atoms with E-state index in [1.54, 1.807) is 18.2 Å². The molecule has 4 rings (SSSR count). The van der Waals surface area contributed by atoms with Crippen molar-refractivity contribution in [2.24, 2.45) is 4.99 Å². The van der Waals surface area contributed by atoms with Gasteiger partial charge in [-0.2, -0.15) is 13.2 Å². The van der Waals surface area contributed by atoms with Crippen molar-refractivity contribution < 1.29 is 33.0 Å². The second-order valence-electron chi connectivity index (χ2n) is 8.36. The Hall–Kier alpha value is -4.25. The number of halogens is 4. The minimum Gasteiger partial charge on any atom is -0.478 e. The van der Waals surface area contributed by atoms with E-state index >= 15 is 0 Å². The third-order valence-electron chi connectivity index (χ3n) is 5.63. The Balaban J connectivity index is 0.000000532. The Morgan fingerprint density at radius 2 is 1.51 bits per heavy atom. The number of guanidine groups is 1. The van der Waals surface area contributed by atoms with Crippen LogP contribution in [0.25, 0.3) is 0 Å². The van der Waals surface area contributed by atoms with E-state index in [1.165, 1.54) is 0 Å². The van der Waals surface area contributed by atoms with Crippen LogP contribution in [-0.2, 0) is 11.3 Å². The van der Waals surface area contributed by atoms with Gasteiger partial charge in [-0.3, -0.25) is 0 Å². The lowest BCUT2D eigenvalue weighted by Crippen LogP contribution is -2.50. The number of para-hydroxylation sites is 1. The number of carboxylic acid groups (broad SMARTS) is 2. The topological polar surface area (TPSA) is 105 Å². The summed E-state index contributed by atoms with van der Waals surface area (Å²) in [6, 6.07) is 24.7. The van der Waals surface area contributed by atoms with Crippen LogP contribution in [0.4, 0.5) is 24.5 Å². The highest BCUT2D eigenvalue weighted by atomic mass is 35.5. The zero-order valence-corrected chi connectivity index (χ0v) is 21.4. The largest absolute Gasteiger partial charge is 0.490 e. The molecule has 0 unspecified atom stereocenters. The summed E-state index contributed by atoms with van der Waals surface area (Å²) in [5.74, 6) is -2.98. The van der Waals surface area contributed by atoms with Gasteiger partial charge in [-0.15, -0.1) is 0 Å². The number of hydrogen-bond acceptors (Lipinski definition) is 4. The number of hydrogen-bond donors (Lipinski definition) is 3. The number of aliphatic carboxylic acids is 1. The number of carboxylic acids is 2. The van der Waals surface area contributed by atoms with Crippen LogP contribution >= 0.6 is 11.6 Å². The van der Waals surface area contributed by atoms with Gasteiger partial charge in [0.15, 0.2) is 5.96 Å². The molecule has 8 nitrogen and oxygen atoms in total. The average Bonchev–Trinajstić information content (AvgIpc) is 2.92. The molecule has 0 saturated carbocycles. The minimum absolute atomic E-state index is 0.237. The number of anilines is 2. The van der Waals surface area contributed by atoms with E-state index in [9.17, 15) is 23.1 Å². The Morgan fingerprint density at radius 3 is 2.10 bits per heavy atom. The third kappa shape index (κ3) is 8.92. The maximum Gasteiger partial charge on any atom is 0.490 e. The number of nitrogens with zero attached hydrogens (tertiary/aromatic N) is 3. The molecule has 3 N–H and O–H groups in total. The molecule has 0 aliphatic carbocycles. The lowest BCUT2D eigenvalue weighted by atomic mass is 10.2.